The van der Waals surface area contributed by atoms with Crippen molar-refractivity contribution < 1.29 is 9.53 Å². The molecule has 10 nitrogen and oxygen atoms in total. The second-order valence-corrected chi connectivity index (χ2v) is 9.01. The van der Waals surface area contributed by atoms with Crippen LogP contribution in [-0.4, -0.2) is 58.7 Å². The molecule has 0 spiro atoms. The van der Waals surface area contributed by atoms with Gasteiger partial charge in [-0.3, -0.25) is 14.8 Å². The fraction of sp³-hybridized carbons (Fsp3) is 0.385. The van der Waals surface area contributed by atoms with E-state index in [4.69, 9.17) is 19.7 Å². The molecule has 0 radical (unpaired) electrons. The third kappa shape index (κ3) is 5.42. The van der Waals surface area contributed by atoms with Crippen molar-refractivity contribution in [3.63, 3.8) is 0 Å². The number of anilines is 3. The van der Waals surface area contributed by atoms with Crippen molar-refractivity contribution in [3.05, 3.63) is 53.6 Å². The van der Waals surface area contributed by atoms with Crippen LogP contribution < -0.4 is 15.5 Å². The molecule has 3 aromatic heterocycles. The molecule has 36 heavy (non-hydrogen) atoms. The molecule has 0 bridgehead atoms. The summed E-state index contributed by atoms with van der Waals surface area (Å²) < 4.78 is 5.50. The van der Waals surface area contributed by atoms with Gasteiger partial charge in [0.25, 0.3) is 5.91 Å². The zero-order valence-corrected chi connectivity index (χ0v) is 21.0. The molecular weight excluding hydrogens is 456 g/mol. The number of carbonyl (C=O) groups excluding carboxylic acids is 1. The normalized spacial score (nSPS) is 13.7. The van der Waals surface area contributed by atoms with Crippen LogP contribution in [-0.2, 0) is 10.2 Å². The molecule has 0 aliphatic carbocycles. The van der Waals surface area contributed by atoms with Gasteiger partial charge in [-0.1, -0.05) is 0 Å². The van der Waals surface area contributed by atoms with Gasteiger partial charge >= 0.3 is 0 Å². The summed E-state index contributed by atoms with van der Waals surface area (Å²) in [7, 11) is 0. The number of hydrogen-bond donors (Lipinski definition) is 2. The quantitative estimate of drug-likeness (QED) is 0.515. The zero-order chi connectivity index (χ0) is 25.7. The smallest absolute Gasteiger partial charge is 0.255 e. The van der Waals surface area contributed by atoms with Crippen LogP contribution in [0.2, 0.25) is 0 Å². The summed E-state index contributed by atoms with van der Waals surface area (Å²) in [6.45, 7) is 10.9. The molecule has 4 rings (SSSR count). The Labute approximate surface area is 210 Å². The number of ether oxygens (including phenoxy) is 1. The van der Waals surface area contributed by atoms with Crippen LogP contribution in [0.1, 0.15) is 42.5 Å². The van der Waals surface area contributed by atoms with E-state index in [1.807, 2.05) is 26.0 Å². The highest BCUT2D eigenvalue weighted by atomic mass is 16.5. The molecule has 186 valence electrons. The van der Waals surface area contributed by atoms with Crippen molar-refractivity contribution in [1.29, 1.82) is 5.26 Å². The molecule has 1 aliphatic rings. The van der Waals surface area contributed by atoms with Crippen LogP contribution in [0.3, 0.4) is 0 Å². The Bertz CT molecular complexity index is 1280. The first kappa shape index (κ1) is 25.0. The van der Waals surface area contributed by atoms with E-state index in [1.165, 1.54) is 0 Å². The van der Waals surface area contributed by atoms with Crippen LogP contribution in [0.15, 0.2) is 36.7 Å². The van der Waals surface area contributed by atoms with Gasteiger partial charge in [-0.15, -0.1) is 0 Å². The SMILES string of the molecule is CCNc1nc(-c2cc(NC(=O)c3ccncc3)c(C(C)(C)C#N)nc2C)cc(N2CCOCC2)n1. The molecule has 1 fully saturated rings. The highest BCUT2D eigenvalue weighted by molar-refractivity contribution is 6.04. The molecule has 0 saturated carbocycles. The van der Waals surface area contributed by atoms with E-state index in [0.29, 0.717) is 54.0 Å². The van der Waals surface area contributed by atoms with Crippen molar-refractivity contribution in [2.75, 3.05) is 48.4 Å². The van der Waals surface area contributed by atoms with Crippen LogP contribution in [0, 0.1) is 18.3 Å². The second kappa shape index (κ2) is 10.7. The maximum Gasteiger partial charge on any atom is 0.255 e. The first-order chi connectivity index (χ1) is 17.3. The average Bonchev–Trinajstić information content (AvgIpc) is 2.90. The lowest BCUT2D eigenvalue weighted by molar-refractivity contribution is 0.102. The Morgan fingerprint density at radius 3 is 2.56 bits per heavy atom. The van der Waals surface area contributed by atoms with E-state index >= 15 is 0 Å². The highest BCUT2D eigenvalue weighted by Gasteiger charge is 2.28. The molecule has 0 unspecified atom stereocenters. The fourth-order valence-corrected chi connectivity index (χ4v) is 3.95. The molecular formula is C26H30N8O2. The van der Waals surface area contributed by atoms with E-state index < -0.39 is 5.41 Å². The van der Waals surface area contributed by atoms with Crippen molar-refractivity contribution in [3.8, 4) is 17.3 Å². The minimum atomic E-state index is -0.927. The largest absolute Gasteiger partial charge is 0.378 e. The Kier molecular flexibility index (Phi) is 7.41. The predicted octanol–water partition coefficient (Wildman–Crippen LogP) is 3.56. The third-order valence-corrected chi connectivity index (χ3v) is 5.93. The minimum Gasteiger partial charge on any atom is -0.378 e. The number of aryl methyl sites for hydroxylation is 1. The van der Waals surface area contributed by atoms with Crippen molar-refractivity contribution in [2.45, 2.75) is 33.1 Å². The van der Waals surface area contributed by atoms with Crippen LogP contribution in [0.4, 0.5) is 17.5 Å². The van der Waals surface area contributed by atoms with E-state index in [-0.39, 0.29) is 5.91 Å². The lowest BCUT2D eigenvalue weighted by Gasteiger charge is -2.28. The van der Waals surface area contributed by atoms with Gasteiger partial charge in [0, 0.05) is 54.9 Å². The molecule has 1 aliphatic heterocycles. The van der Waals surface area contributed by atoms with E-state index in [0.717, 1.165) is 24.5 Å². The molecule has 0 aromatic carbocycles. The van der Waals surface area contributed by atoms with Gasteiger partial charge in [0.15, 0.2) is 0 Å². The fourth-order valence-electron chi connectivity index (χ4n) is 3.95. The number of hydrogen-bond acceptors (Lipinski definition) is 9. The third-order valence-electron chi connectivity index (χ3n) is 5.93. The Hall–Kier alpha value is -4.10. The van der Waals surface area contributed by atoms with Gasteiger partial charge in [-0.25, -0.2) is 4.98 Å². The van der Waals surface area contributed by atoms with Gasteiger partial charge in [0.2, 0.25) is 5.95 Å². The van der Waals surface area contributed by atoms with Crippen molar-refractivity contribution in [1.82, 2.24) is 19.9 Å². The van der Waals surface area contributed by atoms with Crippen molar-refractivity contribution in [2.24, 2.45) is 0 Å². The lowest BCUT2D eigenvalue weighted by Crippen LogP contribution is -2.37. The Morgan fingerprint density at radius 2 is 1.89 bits per heavy atom. The number of nitrogens with zero attached hydrogens (tertiary/aromatic N) is 6. The lowest BCUT2D eigenvalue weighted by atomic mass is 9.88. The Balaban J connectivity index is 1.82. The van der Waals surface area contributed by atoms with E-state index in [2.05, 4.69) is 26.6 Å². The van der Waals surface area contributed by atoms with Crippen LogP contribution >= 0.6 is 0 Å². The van der Waals surface area contributed by atoms with Gasteiger partial charge in [0.1, 0.15) is 5.82 Å². The molecule has 4 heterocycles. The van der Waals surface area contributed by atoms with E-state index in [9.17, 15) is 10.1 Å². The average molecular weight is 487 g/mol. The summed E-state index contributed by atoms with van der Waals surface area (Å²) in [5.74, 6) is 0.996. The number of amides is 1. The molecule has 1 saturated heterocycles. The second-order valence-electron chi connectivity index (χ2n) is 9.01. The number of carbonyl (C=O) groups is 1. The molecule has 1 amide bonds. The summed E-state index contributed by atoms with van der Waals surface area (Å²) in [5.41, 5.74) is 2.59. The van der Waals surface area contributed by atoms with E-state index in [1.54, 1.807) is 38.4 Å². The van der Waals surface area contributed by atoms with Crippen LogP contribution in [0.5, 0.6) is 0 Å². The maximum atomic E-state index is 13.0. The number of morpholine rings is 1. The Morgan fingerprint density at radius 1 is 1.17 bits per heavy atom. The summed E-state index contributed by atoms with van der Waals surface area (Å²) in [6.07, 6.45) is 3.12. The number of pyridine rings is 2. The molecule has 0 atom stereocenters. The van der Waals surface area contributed by atoms with Gasteiger partial charge in [-0.2, -0.15) is 10.2 Å². The summed E-state index contributed by atoms with van der Waals surface area (Å²) in [4.78, 5) is 33.4. The molecule has 2 N–H and O–H groups in total. The van der Waals surface area contributed by atoms with Gasteiger partial charge < -0.3 is 20.3 Å². The number of nitrogens with one attached hydrogen (secondary N) is 2. The molecule has 10 heteroatoms. The molecule has 3 aromatic rings. The maximum absolute atomic E-state index is 13.0. The first-order valence-corrected chi connectivity index (χ1v) is 11.9. The summed E-state index contributed by atoms with van der Waals surface area (Å²) >= 11 is 0. The number of rotatable bonds is 7. The van der Waals surface area contributed by atoms with Gasteiger partial charge in [0.05, 0.1) is 41.8 Å². The van der Waals surface area contributed by atoms with Crippen molar-refractivity contribution >= 4 is 23.4 Å². The highest BCUT2D eigenvalue weighted by Crippen LogP contribution is 2.34. The zero-order valence-electron chi connectivity index (χ0n) is 21.0. The first-order valence-electron chi connectivity index (χ1n) is 11.9. The standard InChI is InChI=1S/C26H30N8O2/c1-5-29-25-32-20(15-22(33-25)34-10-12-36-13-11-34)19-14-21(23(30-17(19)2)26(3,4)16-27)31-24(35)18-6-8-28-9-7-18/h6-9,14-15H,5,10-13H2,1-4H3,(H,31,35)(H,29,32,33). The van der Waals surface area contributed by atoms with Gasteiger partial charge in [-0.05, 0) is 45.9 Å². The predicted molar refractivity (Wildman–Crippen MR) is 138 cm³/mol. The number of aromatic nitrogens is 4. The summed E-state index contributed by atoms with van der Waals surface area (Å²) in [6, 6.07) is 9.34. The minimum absolute atomic E-state index is 0.311. The van der Waals surface area contributed by atoms with Crippen LogP contribution in [0.25, 0.3) is 11.3 Å². The number of nitriles is 1. The monoisotopic (exact) mass is 486 g/mol. The topological polar surface area (TPSA) is 129 Å². The summed E-state index contributed by atoms with van der Waals surface area (Å²) in [5, 5.41) is 16.0.